The van der Waals surface area contributed by atoms with Crippen LogP contribution in [0.3, 0.4) is 0 Å². The van der Waals surface area contributed by atoms with Gasteiger partial charge in [-0.1, -0.05) is 59.7 Å². The lowest BCUT2D eigenvalue weighted by Crippen LogP contribution is -2.24. The van der Waals surface area contributed by atoms with Crippen LogP contribution in [-0.2, 0) is 6.42 Å². The molecule has 0 aromatic heterocycles. The van der Waals surface area contributed by atoms with Gasteiger partial charge in [-0.25, -0.2) is 0 Å². The first-order valence-corrected chi connectivity index (χ1v) is 7.01. The molecule has 0 bridgehead atoms. The van der Waals surface area contributed by atoms with Crippen LogP contribution in [0.15, 0.2) is 48.5 Å². The van der Waals surface area contributed by atoms with Crippen molar-refractivity contribution in [3.63, 3.8) is 0 Å². The van der Waals surface area contributed by atoms with Crippen molar-refractivity contribution in [2.45, 2.75) is 32.3 Å². The van der Waals surface area contributed by atoms with Gasteiger partial charge in [-0.05, 0) is 31.4 Å². The normalized spacial score (nSPS) is 14.0. The van der Waals surface area contributed by atoms with E-state index in [0.717, 1.165) is 16.7 Å². The molecule has 0 amide bonds. The van der Waals surface area contributed by atoms with Crippen LogP contribution in [0, 0.1) is 13.8 Å². The van der Waals surface area contributed by atoms with Crippen molar-refractivity contribution < 1.29 is 10.2 Å². The summed E-state index contributed by atoms with van der Waals surface area (Å²) >= 11 is 0. The fourth-order valence-corrected chi connectivity index (χ4v) is 2.57. The molecule has 0 saturated carbocycles. The van der Waals surface area contributed by atoms with Gasteiger partial charge in [0, 0.05) is 5.92 Å². The summed E-state index contributed by atoms with van der Waals surface area (Å²) in [7, 11) is 0. The molecule has 20 heavy (non-hydrogen) atoms. The minimum atomic E-state index is -0.580. The highest BCUT2D eigenvalue weighted by Crippen LogP contribution is 2.23. The second kappa shape index (κ2) is 6.69. The second-order valence-corrected chi connectivity index (χ2v) is 5.46. The quantitative estimate of drug-likeness (QED) is 0.877. The van der Waals surface area contributed by atoms with Crippen molar-refractivity contribution >= 4 is 0 Å². The maximum Gasteiger partial charge on any atom is 0.0671 e. The number of hydrogen-bond donors (Lipinski definition) is 2. The summed E-state index contributed by atoms with van der Waals surface area (Å²) in [5, 5.41) is 20.1. The number of hydrogen-bond acceptors (Lipinski definition) is 2. The number of aliphatic hydroxyl groups excluding tert-OH is 2. The SMILES string of the molecule is Cc1cccc(CC(O)C(CO)c2cccc(C)c2)c1. The highest BCUT2D eigenvalue weighted by atomic mass is 16.3. The van der Waals surface area contributed by atoms with Gasteiger partial charge in [0.2, 0.25) is 0 Å². The van der Waals surface area contributed by atoms with Crippen LogP contribution in [0.5, 0.6) is 0 Å². The topological polar surface area (TPSA) is 40.5 Å². The largest absolute Gasteiger partial charge is 0.396 e. The second-order valence-electron chi connectivity index (χ2n) is 5.46. The molecule has 0 heterocycles. The van der Waals surface area contributed by atoms with Crippen LogP contribution < -0.4 is 0 Å². The first-order valence-electron chi connectivity index (χ1n) is 7.01. The highest BCUT2D eigenvalue weighted by molar-refractivity contribution is 5.28. The smallest absolute Gasteiger partial charge is 0.0671 e. The summed E-state index contributed by atoms with van der Waals surface area (Å²) in [6.07, 6.45) is -0.0236. The molecule has 0 spiro atoms. The number of aryl methyl sites for hydroxylation is 2. The maximum atomic E-state index is 10.4. The number of benzene rings is 2. The minimum absolute atomic E-state index is 0.0452. The minimum Gasteiger partial charge on any atom is -0.396 e. The third-order valence-electron chi connectivity index (χ3n) is 3.66. The Kier molecular flexibility index (Phi) is 4.94. The van der Waals surface area contributed by atoms with Crippen molar-refractivity contribution in [3.05, 3.63) is 70.8 Å². The molecule has 0 radical (unpaired) electrons. The highest BCUT2D eigenvalue weighted by Gasteiger charge is 2.20. The predicted octanol–water partition coefficient (Wildman–Crippen LogP) is 2.98. The Hall–Kier alpha value is -1.64. The Morgan fingerprint density at radius 2 is 1.60 bits per heavy atom. The molecule has 0 aliphatic rings. The molecule has 2 aromatic carbocycles. The van der Waals surface area contributed by atoms with Crippen molar-refractivity contribution in [1.29, 1.82) is 0 Å². The van der Waals surface area contributed by atoms with Crippen LogP contribution >= 0.6 is 0 Å². The molecule has 0 aliphatic carbocycles. The first kappa shape index (κ1) is 14.8. The molecule has 106 valence electrons. The van der Waals surface area contributed by atoms with Crippen LogP contribution in [0.25, 0.3) is 0 Å². The molecule has 2 rings (SSSR count). The molecule has 0 saturated heterocycles. The average molecular weight is 270 g/mol. The van der Waals surface area contributed by atoms with Gasteiger partial charge in [0.05, 0.1) is 12.7 Å². The average Bonchev–Trinajstić information content (AvgIpc) is 2.39. The summed E-state index contributed by atoms with van der Waals surface area (Å²) < 4.78 is 0. The van der Waals surface area contributed by atoms with E-state index in [4.69, 9.17) is 0 Å². The number of rotatable bonds is 5. The summed E-state index contributed by atoms with van der Waals surface area (Å²) in [6.45, 7) is 4.02. The van der Waals surface area contributed by atoms with E-state index in [1.54, 1.807) is 0 Å². The van der Waals surface area contributed by atoms with Gasteiger partial charge in [-0.3, -0.25) is 0 Å². The van der Waals surface area contributed by atoms with Gasteiger partial charge < -0.3 is 10.2 Å². The van der Waals surface area contributed by atoms with E-state index < -0.39 is 6.10 Å². The molecule has 2 heteroatoms. The molecule has 2 atom stereocenters. The zero-order valence-electron chi connectivity index (χ0n) is 12.1. The van der Waals surface area contributed by atoms with Crippen molar-refractivity contribution in [2.24, 2.45) is 0 Å². The zero-order valence-corrected chi connectivity index (χ0v) is 12.1. The Morgan fingerprint density at radius 1 is 0.950 bits per heavy atom. The standard InChI is InChI=1S/C18H22O2/c1-13-5-3-7-15(9-13)11-18(20)17(12-19)16-8-4-6-14(2)10-16/h3-10,17-20H,11-12H2,1-2H3. The summed E-state index contributed by atoms with van der Waals surface area (Å²) in [4.78, 5) is 0. The molecular weight excluding hydrogens is 248 g/mol. The van der Waals surface area contributed by atoms with E-state index in [2.05, 4.69) is 6.07 Å². The van der Waals surface area contributed by atoms with Crippen LogP contribution in [0.2, 0.25) is 0 Å². The zero-order chi connectivity index (χ0) is 14.5. The van der Waals surface area contributed by atoms with E-state index in [0.29, 0.717) is 6.42 Å². The molecule has 2 aromatic rings. The Bertz CT molecular complexity index is 563. The Morgan fingerprint density at radius 3 is 2.20 bits per heavy atom. The first-order chi connectivity index (χ1) is 9.60. The van der Waals surface area contributed by atoms with Gasteiger partial charge in [-0.15, -0.1) is 0 Å². The third kappa shape index (κ3) is 3.69. The van der Waals surface area contributed by atoms with Gasteiger partial charge in [0.1, 0.15) is 0 Å². The van der Waals surface area contributed by atoms with Gasteiger partial charge in [0.25, 0.3) is 0 Å². The maximum absolute atomic E-state index is 10.4. The van der Waals surface area contributed by atoms with E-state index in [1.807, 2.05) is 56.3 Å². The lowest BCUT2D eigenvalue weighted by atomic mass is 9.89. The predicted molar refractivity (Wildman–Crippen MR) is 81.9 cm³/mol. The fourth-order valence-electron chi connectivity index (χ4n) is 2.57. The van der Waals surface area contributed by atoms with Gasteiger partial charge in [0.15, 0.2) is 0 Å². The summed E-state index contributed by atoms with van der Waals surface area (Å²) in [5.41, 5.74) is 4.42. The van der Waals surface area contributed by atoms with Gasteiger partial charge >= 0.3 is 0 Å². The van der Waals surface area contributed by atoms with Gasteiger partial charge in [-0.2, -0.15) is 0 Å². The summed E-state index contributed by atoms with van der Waals surface area (Å²) in [5.74, 6) is -0.240. The van der Waals surface area contributed by atoms with Crippen molar-refractivity contribution in [1.82, 2.24) is 0 Å². The third-order valence-corrected chi connectivity index (χ3v) is 3.66. The molecule has 0 fully saturated rings. The van der Waals surface area contributed by atoms with Crippen LogP contribution in [-0.4, -0.2) is 22.9 Å². The molecule has 2 N–H and O–H groups in total. The molecular formula is C18H22O2. The number of aliphatic hydroxyl groups is 2. The van der Waals surface area contributed by atoms with E-state index in [9.17, 15) is 10.2 Å². The molecule has 0 aliphatic heterocycles. The Balaban J connectivity index is 2.15. The fraction of sp³-hybridized carbons (Fsp3) is 0.333. The lowest BCUT2D eigenvalue weighted by Gasteiger charge is -2.22. The van der Waals surface area contributed by atoms with E-state index in [1.165, 1.54) is 5.56 Å². The van der Waals surface area contributed by atoms with Crippen LogP contribution in [0.1, 0.15) is 28.2 Å². The van der Waals surface area contributed by atoms with Crippen molar-refractivity contribution in [3.8, 4) is 0 Å². The monoisotopic (exact) mass is 270 g/mol. The van der Waals surface area contributed by atoms with E-state index in [-0.39, 0.29) is 12.5 Å². The lowest BCUT2D eigenvalue weighted by molar-refractivity contribution is 0.106. The van der Waals surface area contributed by atoms with Crippen LogP contribution in [0.4, 0.5) is 0 Å². The Labute approximate surface area is 120 Å². The summed E-state index contributed by atoms with van der Waals surface area (Å²) in [6, 6.07) is 16.1. The van der Waals surface area contributed by atoms with Crippen molar-refractivity contribution in [2.75, 3.05) is 6.61 Å². The molecule has 2 unspecified atom stereocenters. The van der Waals surface area contributed by atoms with E-state index >= 15 is 0 Å². The molecule has 2 nitrogen and oxygen atoms in total.